The fourth-order valence-electron chi connectivity index (χ4n) is 1.87. The second-order valence-corrected chi connectivity index (χ2v) is 4.85. The van der Waals surface area contributed by atoms with Gasteiger partial charge in [0.2, 0.25) is 0 Å². The van der Waals surface area contributed by atoms with Crippen molar-refractivity contribution < 1.29 is 4.79 Å². The molecule has 0 radical (unpaired) electrons. The van der Waals surface area contributed by atoms with E-state index >= 15 is 0 Å². The van der Waals surface area contributed by atoms with E-state index in [0.29, 0.717) is 17.1 Å². The molecule has 1 heterocycles. The van der Waals surface area contributed by atoms with E-state index in [2.05, 4.69) is 10.4 Å². The molecule has 2 rings (SSSR count). The van der Waals surface area contributed by atoms with Crippen molar-refractivity contribution in [3.63, 3.8) is 0 Å². The van der Waals surface area contributed by atoms with Crippen LogP contribution in [0.1, 0.15) is 21.5 Å². The molecule has 0 unspecified atom stereocenters. The van der Waals surface area contributed by atoms with Crippen LogP contribution in [0.3, 0.4) is 0 Å². The van der Waals surface area contributed by atoms with Gasteiger partial charge >= 0.3 is 0 Å². The molecule has 0 aliphatic carbocycles. The third-order valence-electron chi connectivity index (χ3n) is 2.97. The van der Waals surface area contributed by atoms with E-state index in [9.17, 15) is 4.79 Å². The van der Waals surface area contributed by atoms with Crippen molar-refractivity contribution in [2.45, 2.75) is 13.3 Å². The number of nitrogens with one attached hydrogen (secondary N) is 1. The van der Waals surface area contributed by atoms with Gasteiger partial charge in [-0.2, -0.15) is 5.10 Å². The van der Waals surface area contributed by atoms with Crippen molar-refractivity contribution in [1.82, 2.24) is 15.1 Å². The maximum atomic E-state index is 12.0. The van der Waals surface area contributed by atoms with Crippen LogP contribution in [-0.2, 0) is 13.5 Å². The minimum Gasteiger partial charge on any atom is -0.352 e. The van der Waals surface area contributed by atoms with Crippen molar-refractivity contribution in [1.29, 1.82) is 0 Å². The van der Waals surface area contributed by atoms with E-state index in [1.165, 1.54) is 0 Å². The van der Waals surface area contributed by atoms with Crippen LogP contribution in [0.5, 0.6) is 0 Å². The molecule has 0 aliphatic rings. The van der Waals surface area contributed by atoms with Crippen molar-refractivity contribution in [3.8, 4) is 0 Å². The Bertz CT molecular complexity index is 592. The highest BCUT2D eigenvalue weighted by Gasteiger charge is 2.10. The van der Waals surface area contributed by atoms with E-state index < -0.39 is 0 Å². The number of aryl methyl sites for hydroxylation is 1. The van der Waals surface area contributed by atoms with Gasteiger partial charge in [0.05, 0.1) is 6.20 Å². The fraction of sp³-hybridized carbons (Fsp3) is 0.286. The minimum atomic E-state index is -0.0936. The van der Waals surface area contributed by atoms with Gasteiger partial charge in [-0.3, -0.25) is 9.48 Å². The first-order chi connectivity index (χ1) is 9.08. The van der Waals surface area contributed by atoms with Crippen LogP contribution in [0.15, 0.2) is 30.6 Å². The Morgan fingerprint density at radius 3 is 2.95 bits per heavy atom. The summed E-state index contributed by atoms with van der Waals surface area (Å²) in [6, 6.07) is 5.34. The van der Waals surface area contributed by atoms with E-state index in [4.69, 9.17) is 11.6 Å². The van der Waals surface area contributed by atoms with Gasteiger partial charge < -0.3 is 5.32 Å². The lowest BCUT2D eigenvalue weighted by molar-refractivity contribution is 0.0953. The lowest BCUT2D eigenvalue weighted by Crippen LogP contribution is -2.26. The Kier molecular flexibility index (Phi) is 4.22. The van der Waals surface area contributed by atoms with Gasteiger partial charge in [-0.1, -0.05) is 17.7 Å². The molecule has 100 valence electrons. The van der Waals surface area contributed by atoms with E-state index in [0.717, 1.165) is 17.5 Å². The molecule has 0 aliphatic heterocycles. The van der Waals surface area contributed by atoms with E-state index in [1.807, 2.05) is 20.2 Å². The maximum absolute atomic E-state index is 12.0. The summed E-state index contributed by atoms with van der Waals surface area (Å²) < 4.78 is 1.75. The largest absolute Gasteiger partial charge is 0.352 e. The lowest BCUT2D eigenvalue weighted by Gasteiger charge is -2.08. The summed E-state index contributed by atoms with van der Waals surface area (Å²) in [4.78, 5) is 12.0. The molecule has 1 amide bonds. The average molecular weight is 278 g/mol. The molecule has 2 aromatic rings. The highest BCUT2D eigenvalue weighted by molar-refractivity contribution is 6.31. The standard InChI is InChI=1S/C14H16ClN3O/c1-10-12(4-3-5-13(10)15)14(19)16-7-6-11-8-17-18(2)9-11/h3-5,8-9H,6-7H2,1-2H3,(H,16,19). The van der Waals surface area contributed by atoms with Crippen molar-refractivity contribution in [2.24, 2.45) is 7.05 Å². The summed E-state index contributed by atoms with van der Waals surface area (Å²) in [7, 11) is 1.87. The van der Waals surface area contributed by atoms with Gasteiger partial charge in [-0.25, -0.2) is 0 Å². The minimum absolute atomic E-state index is 0.0936. The summed E-state index contributed by atoms with van der Waals surface area (Å²) in [6.07, 6.45) is 4.51. The third kappa shape index (κ3) is 3.35. The van der Waals surface area contributed by atoms with Crippen LogP contribution in [0.4, 0.5) is 0 Å². The molecule has 0 saturated carbocycles. The van der Waals surface area contributed by atoms with Gasteiger partial charge in [0.25, 0.3) is 5.91 Å². The Hall–Kier alpha value is -1.81. The molecular formula is C14H16ClN3O. The van der Waals surface area contributed by atoms with Gasteiger partial charge in [0.15, 0.2) is 0 Å². The number of aromatic nitrogens is 2. The number of carbonyl (C=O) groups is 1. The molecule has 1 aromatic carbocycles. The topological polar surface area (TPSA) is 46.9 Å². The normalized spacial score (nSPS) is 10.5. The molecule has 4 nitrogen and oxygen atoms in total. The van der Waals surface area contributed by atoms with Gasteiger partial charge in [0.1, 0.15) is 0 Å². The number of hydrogen-bond donors (Lipinski definition) is 1. The van der Waals surface area contributed by atoms with Crippen molar-refractivity contribution >= 4 is 17.5 Å². The highest BCUT2D eigenvalue weighted by Crippen LogP contribution is 2.18. The maximum Gasteiger partial charge on any atom is 0.251 e. The fourth-order valence-corrected chi connectivity index (χ4v) is 2.04. The average Bonchev–Trinajstić information content (AvgIpc) is 2.78. The van der Waals surface area contributed by atoms with E-state index in [1.54, 1.807) is 29.1 Å². The molecule has 5 heteroatoms. The van der Waals surface area contributed by atoms with Crippen LogP contribution >= 0.6 is 11.6 Å². The SMILES string of the molecule is Cc1c(Cl)cccc1C(=O)NCCc1cnn(C)c1. The molecular weight excluding hydrogens is 262 g/mol. The number of hydrogen-bond acceptors (Lipinski definition) is 2. The van der Waals surface area contributed by atoms with Gasteiger partial charge in [-0.15, -0.1) is 0 Å². The molecule has 0 bridgehead atoms. The second kappa shape index (κ2) is 5.89. The second-order valence-electron chi connectivity index (χ2n) is 4.44. The van der Waals surface area contributed by atoms with Crippen molar-refractivity contribution in [2.75, 3.05) is 6.54 Å². The van der Waals surface area contributed by atoms with Crippen LogP contribution in [0.2, 0.25) is 5.02 Å². The van der Waals surface area contributed by atoms with E-state index in [-0.39, 0.29) is 5.91 Å². The summed E-state index contributed by atoms with van der Waals surface area (Å²) >= 11 is 6.00. The van der Waals surface area contributed by atoms with Gasteiger partial charge in [0, 0.05) is 30.4 Å². The smallest absolute Gasteiger partial charge is 0.251 e. The summed E-state index contributed by atoms with van der Waals surface area (Å²) in [5, 5.41) is 7.59. The Balaban J connectivity index is 1.93. The molecule has 0 saturated heterocycles. The number of rotatable bonds is 4. The summed E-state index contributed by atoms with van der Waals surface area (Å²) in [6.45, 7) is 2.43. The summed E-state index contributed by atoms with van der Waals surface area (Å²) in [5.74, 6) is -0.0936. The van der Waals surface area contributed by atoms with Crippen LogP contribution in [-0.4, -0.2) is 22.2 Å². The first kappa shape index (κ1) is 13.6. The zero-order chi connectivity index (χ0) is 13.8. The van der Waals surface area contributed by atoms with Gasteiger partial charge in [-0.05, 0) is 36.6 Å². The molecule has 0 spiro atoms. The monoisotopic (exact) mass is 277 g/mol. The van der Waals surface area contributed by atoms with Crippen molar-refractivity contribution in [3.05, 3.63) is 52.3 Å². The number of nitrogens with zero attached hydrogens (tertiary/aromatic N) is 2. The number of carbonyl (C=O) groups excluding carboxylic acids is 1. The van der Waals surface area contributed by atoms with Crippen LogP contribution in [0, 0.1) is 6.92 Å². The zero-order valence-corrected chi connectivity index (χ0v) is 11.7. The predicted molar refractivity (Wildman–Crippen MR) is 75.4 cm³/mol. The molecule has 0 fully saturated rings. The number of halogens is 1. The third-order valence-corrected chi connectivity index (χ3v) is 3.38. The Morgan fingerprint density at radius 1 is 1.47 bits per heavy atom. The molecule has 0 atom stereocenters. The first-order valence-corrected chi connectivity index (χ1v) is 6.46. The number of amides is 1. The quantitative estimate of drug-likeness (QED) is 0.932. The van der Waals surface area contributed by atoms with Crippen LogP contribution in [0.25, 0.3) is 0 Å². The molecule has 1 aromatic heterocycles. The zero-order valence-electron chi connectivity index (χ0n) is 11.0. The molecule has 19 heavy (non-hydrogen) atoms. The molecule has 1 N–H and O–H groups in total. The lowest BCUT2D eigenvalue weighted by atomic mass is 10.1. The predicted octanol–water partition coefficient (Wildman–Crippen LogP) is 2.35. The first-order valence-electron chi connectivity index (χ1n) is 6.09. The number of benzene rings is 1. The van der Waals surface area contributed by atoms with Crippen LogP contribution < -0.4 is 5.32 Å². The highest BCUT2D eigenvalue weighted by atomic mass is 35.5. The Morgan fingerprint density at radius 2 is 2.26 bits per heavy atom. The Labute approximate surface area is 117 Å². The summed E-state index contributed by atoms with van der Waals surface area (Å²) in [5.41, 5.74) is 2.53.